The van der Waals surface area contributed by atoms with Gasteiger partial charge in [-0.15, -0.1) is 0 Å². The van der Waals surface area contributed by atoms with Crippen LogP contribution < -0.4 is 5.32 Å². The molecular weight excluding hydrogens is 615 g/mol. The molecule has 1 atom stereocenters. The van der Waals surface area contributed by atoms with Crippen molar-refractivity contribution in [2.24, 2.45) is 9.98 Å². The number of amidine groups is 2. The molecule has 9 aromatic rings. The first-order valence-electron chi connectivity index (χ1n) is 16.8. The summed E-state index contributed by atoms with van der Waals surface area (Å²) in [6.07, 6.45) is -0.273. The molecule has 0 spiro atoms. The van der Waals surface area contributed by atoms with Gasteiger partial charge in [0.25, 0.3) is 0 Å². The quantitative estimate of drug-likeness (QED) is 0.203. The molecule has 10 rings (SSSR count). The number of aliphatic imine (C=N–C) groups is 2. The molecule has 3 heterocycles. The molecule has 5 heteroatoms. The second kappa shape index (κ2) is 11.5. The maximum absolute atomic E-state index is 6.60. The Labute approximate surface area is 287 Å². The highest BCUT2D eigenvalue weighted by atomic mass is 16.3. The van der Waals surface area contributed by atoms with Gasteiger partial charge in [0.05, 0.1) is 0 Å². The van der Waals surface area contributed by atoms with E-state index in [1.807, 2.05) is 60.7 Å². The Balaban J connectivity index is 1.12. The lowest BCUT2D eigenvalue weighted by Crippen LogP contribution is -2.33. The first kappa shape index (κ1) is 28.3. The van der Waals surface area contributed by atoms with Gasteiger partial charge in [-0.1, -0.05) is 133 Å². The summed E-state index contributed by atoms with van der Waals surface area (Å²) in [6.45, 7) is 0. The molecule has 2 aromatic heterocycles. The Kier molecular flexibility index (Phi) is 6.49. The van der Waals surface area contributed by atoms with E-state index in [1.54, 1.807) is 0 Å². The number of benzene rings is 7. The van der Waals surface area contributed by atoms with Gasteiger partial charge in [0.2, 0.25) is 0 Å². The standard InChI is InChI=1S/C45H29N3O2/c1-3-13-28(14-4-1)43-46-44(29-15-5-2-6-16-29)48-45(47-43)30-25-26-36-40(27-30)50-39-24-12-21-34(42(36)39)32-18-8-7-17-31(32)33-20-11-23-38-41(33)35-19-9-10-22-37(35)49-38/h1-27,43H,(H,46,47,48). The van der Waals surface area contributed by atoms with Gasteiger partial charge in [-0.3, -0.25) is 0 Å². The Morgan fingerprint density at radius 3 is 1.72 bits per heavy atom. The lowest BCUT2D eigenvalue weighted by atomic mass is 9.90. The molecule has 5 nitrogen and oxygen atoms in total. The summed E-state index contributed by atoms with van der Waals surface area (Å²) in [5.41, 5.74) is 10.9. The highest BCUT2D eigenvalue weighted by Crippen LogP contribution is 2.44. The highest BCUT2D eigenvalue weighted by molar-refractivity contribution is 6.19. The van der Waals surface area contributed by atoms with Crippen molar-refractivity contribution in [3.63, 3.8) is 0 Å². The summed E-state index contributed by atoms with van der Waals surface area (Å²) in [4.78, 5) is 10.1. The number of fused-ring (bicyclic) bond motifs is 6. The number of hydrogen-bond donors (Lipinski definition) is 1. The van der Waals surface area contributed by atoms with Gasteiger partial charge >= 0.3 is 0 Å². The van der Waals surface area contributed by atoms with Crippen LogP contribution in [-0.2, 0) is 0 Å². The van der Waals surface area contributed by atoms with Crippen LogP contribution in [0.2, 0.25) is 0 Å². The van der Waals surface area contributed by atoms with Crippen LogP contribution in [-0.4, -0.2) is 11.7 Å². The Morgan fingerprint density at radius 2 is 1.00 bits per heavy atom. The van der Waals surface area contributed by atoms with Crippen LogP contribution in [0.5, 0.6) is 0 Å². The average Bonchev–Trinajstić information content (AvgIpc) is 3.77. The van der Waals surface area contributed by atoms with Crippen LogP contribution in [0.1, 0.15) is 22.9 Å². The first-order valence-corrected chi connectivity index (χ1v) is 16.8. The zero-order chi connectivity index (χ0) is 33.0. The second-order valence-corrected chi connectivity index (χ2v) is 12.6. The van der Waals surface area contributed by atoms with Crippen molar-refractivity contribution in [2.45, 2.75) is 6.17 Å². The monoisotopic (exact) mass is 643 g/mol. The third-order valence-electron chi connectivity index (χ3n) is 9.57. The van der Waals surface area contributed by atoms with E-state index in [1.165, 1.54) is 0 Å². The van der Waals surface area contributed by atoms with E-state index in [-0.39, 0.29) is 6.17 Å². The predicted octanol–water partition coefficient (Wildman–Crippen LogP) is 11.3. The summed E-state index contributed by atoms with van der Waals surface area (Å²) < 4.78 is 12.9. The van der Waals surface area contributed by atoms with Gasteiger partial charge in [0.15, 0.2) is 5.84 Å². The average molecular weight is 644 g/mol. The Bertz CT molecular complexity index is 2790. The molecule has 1 N–H and O–H groups in total. The zero-order valence-corrected chi connectivity index (χ0v) is 26.9. The summed E-state index contributed by atoms with van der Waals surface area (Å²) in [5.74, 6) is 1.44. The molecule has 0 saturated heterocycles. The van der Waals surface area contributed by atoms with Crippen molar-refractivity contribution >= 4 is 55.5 Å². The number of hydrogen-bond acceptors (Lipinski definition) is 5. The molecule has 1 aliphatic heterocycles. The van der Waals surface area contributed by atoms with E-state index in [4.69, 9.17) is 18.8 Å². The van der Waals surface area contributed by atoms with Crippen molar-refractivity contribution in [1.82, 2.24) is 5.32 Å². The molecular formula is C45H29N3O2. The van der Waals surface area contributed by atoms with Crippen molar-refractivity contribution in [3.05, 3.63) is 180 Å². The SMILES string of the molecule is c1ccc(C2=NC(c3ccc4c(c3)oc3cccc(-c5ccccc5-c5cccc6oc7ccccc7c56)c34)=NC(c3ccccc3)N2)cc1. The van der Waals surface area contributed by atoms with Gasteiger partial charge in [-0.05, 0) is 58.1 Å². The first-order chi connectivity index (χ1) is 24.8. The fourth-order valence-electron chi connectivity index (χ4n) is 7.27. The van der Waals surface area contributed by atoms with Crippen LogP contribution in [0.25, 0.3) is 66.1 Å². The van der Waals surface area contributed by atoms with Crippen LogP contribution in [0.4, 0.5) is 0 Å². The minimum Gasteiger partial charge on any atom is -0.456 e. The Morgan fingerprint density at radius 1 is 0.440 bits per heavy atom. The molecule has 0 aliphatic carbocycles. The summed E-state index contributed by atoms with van der Waals surface area (Å²) in [7, 11) is 0. The second-order valence-electron chi connectivity index (χ2n) is 12.6. The van der Waals surface area contributed by atoms with E-state index in [0.717, 1.165) is 88.7 Å². The topological polar surface area (TPSA) is 63.0 Å². The van der Waals surface area contributed by atoms with Gasteiger partial charge in [-0.25, -0.2) is 9.98 Å². The van der Waals surface area contributed by atoms with Gasteiger partial charge in [0.1, 0.15) is 34.3 Å². The van der Waals surface area contributed by atoms with Gasteiger partial charge < -0.3 is 14.2 Å². The third-order valence-corrected chi connectivity index (χ3v) is 9.57. The van der Waals surface area contributed by atoms with Crippen molar-refractivity contribution in [3.8, 4) is 22.3 Å². The van der Waals surface area contributed by atoms with Crippen molar-refractivity contribution < 1.29 is 8.83 Å². The molecule has 236 valence electrons. The number of furan rings is 2. The number of nitrogens with one attached hydrogen (secondary N) is 1. The van der Waals surface area contributed by atoms with Crippen molar-refractivity contribution in [2.75, 3.05) is 0 Å². The van der Waals surface area contributed by atoms with E-state index < -0.39 is 0 Å². The van der Waals surface area contributed by atoms with Crippen LogP contribution in [0.15, 0.2) is 183 Å². The zero-order valence-electron chi connectivity index (χ0n) is 26.9. The maximum atomic E-state index is 6.60. The molecule has 0 amide bonds. The number of para-hydroxylation sites is 1. The van der Waals surface area contributed by atoms with Crippen LogP contribution in [0.3, 0.4) is 0 Å². The molecule has 0 radical (unpaired) electrons. The van der Waals surface area contributed by atoms with E-state index in [9.17, 15) is 0 Å². The summed E-state index contributed by atoms with van der Waals surface area (Å²) in [5, 5.41) is 7.90. The minimum atomic E-state index is -0.273. The molecule has 0 fully saturated rings. The molecule has 1 unspecified atom stereocenters. The van der Waals surface area contributed by atoms with Gasteiger partial charge in [-0.2, -0.15) is 0 Å². The predicted molar refractivity (Wildman–Crippen MR) is 204 cm³/mol. The normalized spacial score (nSPS) is 14.6. The van der Waals surface area contributed by atoms with E-state index in [2.05, 4.69) is 108 Å². The fraction of sp³-hybridized carbons (Fsp3) is 0.0222. The lowest BCUT2D eigenvalue weighted by Gasteiger charge is -2.23. The maximum Gasteiger partial charge on any atom is 0.159 e. The largest absolute Gasteiger partial charge is 0.456 e. The third kappa shape index (κ3) is 4.63. The number of rotatable bonds is 5. The van der Waals surface area contributed by atoms with Crippen molar-refractivity contribution in [1.29, 1.82) is 0 Å². The smallest absolute Gasteiger partial charge is 0.159 e. The molecule has 0 saturated carbocycles. The van der Waals surface area contributed by atoms with Crippen LogP contribution >= 0.6 is 0 Å². The molecule has 0 bridgehead atoms. The van der Waals surface area contributed by atoms with E-state index >= 15 is 0 Å². The molecule has 1 aliphatic rings. The highest BCUT2D eigenvalue weighted by Gasteiger charge is 2.23. The fourth-order valence-corrected chi connectivity index (χ4v) is 7.27. The summed E-state index contributed by atoms with van der Waals surface area (Å²) in [6, 6.07) is 56.3. The number of nitrogens with zero attached hydrogens (tertiary/aromatic N) is 2. The molecule has 7 aromatic carbocycles. The van der Waals surface area contributed by atoms with E-state index in [0.29, 0.717) is 5.84 Å². The summed E-state index contributed by atoms with van der Waals surface area (Å²) >= 11 is 0. The van der Waals surface area contributed by atoms with Crippen LogP contribution in [0, 0.1) is 0 Å². The Hall–Kier alpha value is -6.72. The van der Waals surface area contributed by atoms with Gasteiger partial charge in [0, 0.05) is 32.7 Å². The molecule has 50 heavy (non-hydrogen) atoms. The lowest BCUT2D eigenvalue weighted by molar-refractivity contribution is 0.667. The minimum absolute atomic E-state index is 0.273.